The number of para-hydroxylation sites is 2. The third-order valence-electron chi connectivity index (χ3n) is 6.44. The molecule has 0 saturated carbocycles. The van der Waals surface area contributed by atoms with Crippen LogP contribution in [0.2, 0.25) is 0 Å². The molecule has 0 radical (unpaired) electrons. The van der Waals surface area contributed by atoms with Gasteiger partial charge in [0.15, 0.2) is 5.43 Å². The lowest BCUT2D eigenvalue weighted by molar-refractivity contribution is -0.151. The normalized spacial score (nSPS) is 14.4. The molecule has 8 nitrogen and oxygen atoms in total. The molecule has 3 aromatic rings. The molecule has 0 atom stereocenters. The van der Waals surface area contributed by atoms with Crippen LogP contribution in [0.25, 0.3) is 21.8 Å². The first kappa shape index (κ1) is 23.5. The molecule has 1 aliphatic rings. The average molecular weight is 464 g/mol. The summed E-state index contributed by atoms with van der Waals surface area (Å²) >= 11 is 0. The average Bonchev–Trinajstić information content (AvgIpc) is 2.86. The Hall–Kier alpha value is -3.68. The second-order valence-electron chi connectivity index (χ2n) is 8.61. The number of benzene rings is 2. The summed E-state index contributed by atoms with van der Waals surface area (Å²) in [6, 6.07) is 14.5. The molecule has 0 bridgehead atoms. The van der Waals surface area contributed by atoms with Crippen molar-refractivity contribution in [2.24, 2.45) is 5.92 Å². The first-order chi connectivity index (χ1) is 16.4. The number of hydrogen-bond donors (Lipinski definition) is 0. The van der Waals surface area contributed by atoms with Crippen molar-refractivity contribution in [3.63, 3.8) is 0 Å². The van der Waals surface area contributed by atoms with Crippen molar-refractivity contribution < 1.29 is 19.1 Å². The van der Waals surface area contributed by atoms with Gasteiger partial charge in [-0.15, -0.1) is 0 Å². The standard InChI is InChI=1S/C26H29N3O5/c1-3-34-26(33)18-12-14-28(15-13-18)24(31)16-27(2)23(30)17-29-21-10-6-4-8-19(21)25(32)20-9-5-7-11-22(20)29/h4-11,18H,3,12-17H2,1-2H3. The predicted molar refractivity (Wildman–Crippen MR) is 129 cm³/mol. The van der Waals surface area contributed by atoms with Gasteiger partial charge in [0, 0.05) is 30.9 Å². The third-order valence-corrected chi connectivity index (χ3v) is 6.44. The molecular weight excluding hydrogens is 434 g/mol. The molecule has 1 aromatic heterocycles. The molecule has 1 fully saturated rings. The van der Waals surface area contributed by atoms with E-state index < -0.39 is 0 Å². The molecule has 8 heteroatoms. The van der Waals surface area contributed by atoms with Crippen molar-refractivity contribution in [2.45, 2.75) is 26.3 Å². The van der Waals surface area contributed by atoms with E-state index >= 15 is 0 Å². The maximum Gasteiger partial charge on any atom is 0.309 e. The summed E-state index contributed by atoms with van der Waals surface area (Å²) in [4.78, 5) is 53.8. The number of fused-ring (bicyclic) bond motifs is 2. The number of carbonyl (C=O) groups is 3. The van der Waals surface area contributed by atoms with Gasteiger partial charge in [-0.05, 0) is 44.0 Å². The number of piperidine rings is 1. The van der Waals surface area contributed by atoms with Crippen LogP contribution in [0.1, 0.15) is 19.8 Å². The zero-order chi connectivity index (χ0) is 24.2. The van der Waals surface area contributed by atoms with E-state index in [1.54, 1.807) is 43.1 Å². The largest absolute Gasteiger partial charge is 0.466 e. The summed E-state index contributed by atoms with van der Waals surface area (Å²) in [5, 5.41) is 1.11. The molecule has 2 amide bonds. The molecular formula is C26H29N3O5. The van der Waals surface area contributed by atoms with Crippen LogP contribution in [0.5, 0.6) is 0 Å². The van der Waals surface area contributed by atoms with E-state index in [2.05, 4.69) is 0 Å². The summed E-state index contributed by atoms with van der Waals surface area (Å²) in [6.45, 7) is 3.04. The Morgan fingerprint density at radius 3 is 2.09 bits per heavy atom. The topological polar surface area (TPSA) is 88.9 Å². The lowest BCUT2D eigenvalue weighted by Gasteiger charge is -2.32. The van der Waals surface area contributed by atoms with Gasteiger partial charge in [0.25, 0.3) is 0 Å². The van der Waals surface area contributed by atoms with Gasteiger partial charge >= 0.3 is 5.97 Å². The van der Waals surface area contributed by atoms with Gasteiger partial charge in [-0.1, -0.05) is 24.3 Å². The third kappa shape index (κ3) is 4.66. The summed E-state index contributed by atoms with van der Waals surface area (Å²) in [7, 11) is 1.61. The number of esters is 1. The Balaban J connectivity index is 1.46. The van der Waals surface area contributed by atoms with E-state index in [4.69, 9.17) is 4.74 Å². The number of amides is 2. The van der Waals surface area contributed by atoms with Crippen molar-refractivity contribution in [3.05, 3.63) is 58.8 Å². The molecule has 0 aliphatic carbocycles. The number of carbonyl (C=O) groups excluding carboxylic acids is 3. The van der Waals surface area contributed by atoms with Crippen LogP contribution in [-0.2, 0) is 25.7 Å². The van der Waals surface area contributed by atoms with E-state index in [1.165, 1.54) is 4.90 Å². The molecule has 0 unspecified atom stereocenters. The highest BCUT2D eigenvalue weighted by Crippen LogP contribution is 2.20. The molecule has 1 saturated heterocycles. The molecule has 4 rings (SSSR count). The number of likely N-dealkylation sites (N-methyl/N-ethyl adjacent to an activating group) is 1. The van der Waals surface area contributed by atoms with Crippen LogP contribution in [0.4, 0.5) is 0 Å². The highest BCUT2D eigenvalue weighted by molar-refractivity contribution is 5.95. The summed E-state index contributed by atoms with van der Waals surface area (Å²) in [5.41, 5.74) is 1.30. The maximum absolute atomic E-state index is 13.1. The molecule has 2 heterocycles. The second kappa shape index (κ2) is 10.1. The number of rotatable bonds is 6. The first-order valence-electron chi connectivity index (χ1n) is 11.6. The van der Waals surface area contributed by atoms with Crippen molar-refractivity contribution in [3.8, 4) is 0 Å². The smallest absolute Gasteiger partial charge is 0.309 e. The minimum absolute atomic E-state index is 0.00994. The lowest BCUT2D eigenvalue weighted by atomic mass is 9.97. The van der Waals surface area contributed by atoms with E-state index in [0.717, 1.165) is 0 Å². The summed E-state index contributed by atoms with van der Waals surface area (Å²) < 4.78 is 6.91. The Bertz CT molecular complexity index is 1230. The fourth-order valence-corrected chi connectivity index (χ4v) is 4.52. The van der Waals surface area contributed by atoms with Gasteiger partial charge in [-0.25, -0.2) is 0 Å². The Kier molecular flexibility index (Phi) is 6.95. The number of pyridine rings is 1. The van der Waals surface area contributed by atoms with Crippen molar-refractivity contribution in [1.29, 1.82) is 0 Å². The first-order valence-corrected chi connectivity index (χ1v) is 11.6. The minimum atomic E-state index is -0.228. The van der Waals surface area contributed by atoms with Crippen LogP contribution >= 0.6 is 0 Å². The number of likely N-dealkylation sites (tertiary alicyclic amines) is 1. The van der Waals surface area contributed by atoms with Crippen molar-refractivity contribution in [2.75, 3.05) is 33.3 Å². The number of ether oxygens (including phenoxy) is 1. The fourth-order valence-electron chi connectivity index (χ4n) is 4.52. The quantitative estimate of drug-likeness (QED) is 0.414. The van der Waals surface area contributed by atoms with Gasteiger partial charge in [-0.2, -0.15) is 0 Å². The Morgan fingerprint density at radius 2 is 1.53 bits per heavy atom. The van der Waals surface area contributed by atoms with Gasteiger partial charge in [0.1, 0.15) is 6.54 Å². The minimum Gasteiger partial charge on any atom is -0.466 e. The van der Waals surface area contributed by atoms with E-state index in [1.807, 2.05) is 28.8 Å². The van der Waals surface area contributed by atoms with Crippen LogP contribution in [0.3, 0.4) is 0 Å². The molecule has 178 valence electrons. The van der Waals surface area contributed by atoms with E-state index in [0.29, 0.717) is 54.3 Å². The Labute approximate surface area is 197 Å². The molecule has 0 N–H and O–H groups in total. The van der Waals surface area contributed by atoms with Gasteiger partial charge in [0.2, 0.25) is 11.8 Å². The number of hydrogen-bond acceptors (Lipinski definition) is 5. The zero-order valence-electron chi connectivity index (χ0n) is 19.5. The molecule has 2 aromatic carbocycles. The fraction of sp³-hybridized carbons (Fsp3) is 0.385. The van der Waals surface area contributed by atoms with Crippen LogP contribution in [0.15, 0.2) is 53.3 Å². The lowest BCUT2D eigenvalue weighted by Crippen LogP contribution is -2.46. The van der Waals surface area contributed by atoms with Crippen molar-refractivity contribution >= 4 is 39.6 Å². The Morgan fingerprint density at radius 1 is 0.971 bits per heavy atom. The van der Waals surface area contributed by atoms with Crippen LogP contribution in [-0.4, -0.2) is 65.4 Å². The maximum atomic E-state index is 13.1. The highest BCUT2D eigenvalue weighted by atomic mass is 16.5. The molecule has 1 aliphatic heterocycles. The van der Waals surface area contributed by atoms with Crippen LogP contribution < -0.4 is 5.43 Å². The SMILES string of the molecule is CCOC(=O)C1CCN(C(=O)CN(C)C(=O)Cn2c3ccccc3c(=O)c3ccccc32)CC1. The monoisotopic (exact) mass is 463 g/mol. The zero-order valence-corrected chi connectivity index (χ0v) is 19.5. The van der Waals surface area contributed by atoms with E-state index in [-0.39, 0.29) is 42.2 Å². The van der Waals surface area contributed by atoms with Gasteiger partial charge < -0.3 is 19.1 Å². The number of aromatic nitrogens is 1. The van der Waals surface area contributed by atoms with Crippen LogP contribution in [0, 0.1) is 5.92 Å². The highest BCUT2D eigenvalue weighted by Gasteiger charge is 2.29. The van der Waals surface area contributed by atoms with Crippen molar-refractivity contribution in [1.82, 2.24) is 14.4 Å². The molecule has 0 spiro atoms. The predicted octanol–water partition coefficient (Wildman–Crippen LogP) is 2.41. The van der Waals surface area contributed by atoms with E-state index in [9.17, 15) is 19.2 Å². The number of nitrogens with zero attached hydrogens (tertiary/aromatic N) is 3. The van der Waals surface area contributed by atoms with Gasteiger partial charge in [-0.3, -0.25) is 19.2 Å². The second-order valence-corrected chi connectivity index (χ2v) is 8.61. The summed E-state index contributed by atoms with van der Waals surface area (Å²) in [5.74, 6) is -0.755. The molecule has 34 heavy (non-hydrogen) atoms. The van der Waals surface area contributed by atoms with Gasteiger partial charge in [0.05, 0.1) is 30.1 Å². The summed E-state index contributed by atoms with van der Waals surface area (Å²) in [6.07, 6.45) is 1.13.